The van der Waals surface area contributed by atoms with Gasteiger partial charge in [0, 0.05) is 0 Å². The van der Waals surface area contributed by atoms with Crippen LogP contribution in [0.3, 0.4) is 0 Å². The molecule has 0 amide bonds. The zero-order valence-corrected chi connectivity index (χ0v) is 12.8. The molecule has 1 aromatic rings. The minimum Gasteiger partial charge on any atom is -0.495 e. The number of hydrogen-bond donors (Lipinski definition) is 1. The minimum absolute atomic E-state index is 0.789. The average molecular weight is 316 g/mol. The first-order chi connectivity index (χ1) is 8.74. The van der Waals surface area contributed by atoms with E-state index in [4.69, 9.17) is 15.2 Å². The number of hydrogen-bond acceptors (Lipinski definition) is 3. The third kappa shape index (κ3) is 4.18. The summed E-state index contributed by atoms with van der Waals surface area (Å²) in [7, 11) is 3.35. The van der Waals surface area contributed by atoms with Gasteiger partial charge >= 0.3 is 0 Å². The summed E-state index contributed by atoms with van der Waals surface area (Å²) >= 11 is 3.52. The minimum atomic E-state index is 0.789. The lowest BCUT2D eigenvalue weighted by Gasteiger charge is -2.13. The Balaban J connectivity index is 2.62. The molecule has 0 spiro atoms. The maximum Gasteiger partial charge on any atom is 0.139 e. The summed E-state index contributed by atoms with van der Waals surface area (Å²) in [4.78, 5) is 0. The van der Waals surface area contributed by atoms with Crippen molar-refractivity contribution in [2.45, 2.75) is 32.1 Å². The van der Waals surface area contributed by atoms with Crippen LogP contribution in [0.25, 0.3) is 0 Å². The van der Waals surface area contributed by atoms with Gasteiger partial charge < -0.3 is 15.2 Å². The molecule has 2 N–H and O–H groups in total. The predicted octanol–water partition coefficient (Wildman–Crippen LogP) is 3.53. The number of unbranched alkanes of at least 4 members (excludes halogenated alkanes) is 3. The second-order valence-corrected chi connectivity index (χ2v) is 5.02. The molecular formula is C14H22BrNO2. The van der Waals surface area contributed by atoms with Crippen LogP contribution in [0.4, 0.5) is 0 Å². The van der Waals surface area contributed by atoms with Crippen molar-refractivity contribution >= 4 is 15.9 Å². The number of aryl methyl sites for hydroxylation is 1. The fraction of sp³-hybridized carbons (Fsp3) is 0.571. The van der Waals surface area contributed by atoms with Gasteiger partial charge in [-0.3, -0.25) is 0 Å². The molecule has 18 heavy (non-hydrogen) atoms. The largest absolute Gasteiger partial charge is 0.495 e. The highest BCUT2D eigenvalue weighted by molar-refractivity contribution is 9.10. The molecule has 0 fully saturated rings. The third-order valence-electron chi connectivity index (χ3n) is 2.97. The van der Waals surface area contributed by atoms with Crippen LogP contribution in [0.15, 0.2) is 16.6 Å². The van der Waals surface area contributed by atoms with Crippen molar-refractivity contribution in [3.63, 3.8) is 0 Å². The first-order valence-corrected chi connectivity index (χ1v) is 7.13. The lowest BCUT2D eigenvalue weighted by atomic mass is 10.0. The molecule has 0 bridgehead atoms. The zero-order chi connectivity index (χ0) is 13.4. The molecule has 0 radical (unpaired) electrons. The van der Waals surface area contributed by atoms with Crippen molar-refractivity contribution in [2.75, 3.05) is 20.8 Å². The van der Waals surface area contributed by atoms with Crippen LogP contribution in [0.5, 0.6) is 11.5 Å². The number of ether oxygens (including phenoxy) is 2. The van der Waals surface area contributed by atoms with Gasteiger partial charge in [0.1, 0.15) is 16.0 Å². The summed E-state index contributed by atoms with van der Waals surface area (Å²) in [6, 6.07) is 4.05. The van der Waals surface area contributed by atoms with E-state index in [0.717, 1.165) is 41.8 Å². The summed E-state index contributed by atoms with van der Waals surface area (Å²) in [5.74, 6) is 1.69. The molecular weight excluding hydrogens is 294 g/mol. The molecule has 1 aromatic carbocycles. The highest BCUT2D eigenvalue weighted by Crippen LogP contribution is 2.37. The van der Waals surface area contributed by atoms with E-state index in [1.807, 2.05) is 6.07 Å². The Kier molecular flexibility index (Phi) is 7.13. The van der Waals surface area contributed by atoms with Crippen LogP contribution < -0.4 is 15.2 Å². The zero-order valence-electron chi connectivity index (χ0n) is 11.2. The molecule has 0 atom stereocenters. The molecule has 1 rings (SSSR count). The van der Waals surface area contributed by atoms with Crippen LogP contribution in [0.1, 0.15) is 31.2 Å². The molecule has 0 aromatic heterocycles. The van der Waals surface area contributed by atoms with Crippen molar-refractivity contribution in [1.29, 1.82) is 0 Å². The fourth-order valence-corrected chi connectivity index (χ4v) is 2.68. The van der Waals surface area contributed by atoms with E-state index in [1.54, 1.807) is 14.2 Å². The Morgan fingerprint density at radius 2 is 1.78 bits per heavy atom. The quantitative estimate of drug-likeness (QED) is 0.746. The fourth-order valence-electron chi connectivity index (χ4n) is 1.97. The van der Waals surface area contributed by atoms with E-state index < -0.39 is 0 Å². The van der Waals surface area contributed by atoms with Gasteiger partial charge in [-0.05, 0) is 53.4 Å². The summed E-state index contributed by atoms with van der Waals surface area (Å²) in [5.41, 5.74) is 6.70. The van der Waals surface area contributed by atoms with E-state index >= 15 is 0 Å². The molecule has 0 unspecified atom stereocenters. The van der Waals surface area contributed by atoms with Gasteiger partial charge in [-0.1, -0.05) is 18.9 Å². The van der Waals surface area contributed by atoms with Gasteiger partial charge in [0.25, 0.3) is 0 Å². The molecule has 0 saturated carbocycles. The number of benzene rings is 1. The van der Waals surface area contributed by atoms with Gasteiger partial charge in [0.15, 0.2) is 0 Å². The maximum absolute atomic E-state index is 5.48. The van der Waals surface area contributed by atoms with E-state index in [-0.39, 0.29) is 0 Å². The lowest BCUT2D eigenvalue weighted by Crippen LogP contribution is -1.99. The number of nitrogens with two attached hydrogens (primary N) is 1. The monoisotopic (exact) mass is 315 g/mol. The SMILES string of the molecule is COc1ccc(CCCCCCN)c(OC)c1Br. The van der Waals surface area contributed by atoms with Crippen molar-refractivity contribution in [1.82, 2.24) is 0 Å². The summed E-state index contributed by atoms with van der Waals surface area (Å²) < 4.78 is 11.6. The predicted molar refractivity (Wildman–Crippen MR) is 78.5 cm³/mol. The van der Waals surface area contributed by atoms with Crippen LogP contribution >= 0.6 is 15.9 Å². The Morgan fingerprint density at radius 3 is 2.39 bits per heavy atom. The molecule has 0 aliphatic heterocycles. The highest BCUT2D eigenvalue weighted by atomic mass is 79.9. The Labute approximate surface area is 118 Å². The molecule has 3 nitrogen and oxygen atoms in total. The van der Waals surface area contributed by atoms with E-state index in [2.05, 4.69) is 22.0 Å². The van der Waals surface area contributed by atoms with Crippen molar-refractivity contribution in [3.05, 3.63) is 22.2 Å². The van der Waals surface area contributed by atoms with E-state index in [9.17, 15) is 0 Å². The highest BCUT2D eigenvalue weighted by Gasteiger charge is 2.12. The Hall–Kier alpha value is -0.740. The van der Waals surface area contributed by atoms with Gasteiger partial charge in [-0.15, -0.1) is 0 Å². The summed E-state index contributed by atoms with van der Waals surface area (Å²) in [6.07, 6.45) is 5.72. The number of rotatable bonds is 8. The van der Waals surface area contributed by atoms with E-state index in [0.29, 0.717) is 0 Å². The van der Waals surface area contributed by atoms with Crippen LogP contribution in [-0.4, -0.2) is 20.8 Å². The van der Waals surface area contributed by atoms with Crippen molar-refractivity contribution in [3.8, 4) is 11.5 Å². The molecule has 0 saturated heterocycles. The van der Waals surface area contributed by atoms with Gasteiger partial charge in [-0.2, -0.15) is 0 Å². The van der Waals surface area contributed by atoms with E-state index in [1.165, 1.54) is 18.4 Å². The topological polar surface area (TPSA) is 44.5 Å². The van der Waals surface area contributed by atoms with Crippen LogP contribution in [-0.2, 0) is 6.42 Å². The molecule has 102 valence electrons. The van der Waals surface area contributed by atoms with Gasteiger partial charge in [0.05, 0.1) is 14.2 Å². The summed E-state index contributed by atoms with van der Waals surface area (Å²) in [6.45, 7) is 0.789. The smallest absolute Gasteiger partial charge is 0.139 e. The standard InChI is InChI=1S/C14H22BrNO2/c1-17-12-9-8-11(14(18-2)13(12)15)7-5-3-4-6-10-16/h8-9H,3-7,10,16H2,1-2H3. The molecule has 0 aliphatic rings. The van der Waals surface area contributed by atoms with Gasteiger partial charge in [0.2, 0.25) is 0 Å². The Morgan fingerprint density at radius 1 is 1.06 bits per heavy atom. The average Bonchev–Trinajstić information content (AvgIpc) is 2.39. The third-order valence-corrected chi connectivity index (χ3v) is 3.72. The second-order valence-electron chi connectivity index (χ2n) is 4.23. The Bertz CT molecular complexity index is 369. The van der Waals surface area contributed by atoms with Gasteiger partial charge in [-0.25, -0.2) is 0 Å². The molecule has 0 heterocycles. The first kappa shape index (κ1) is 15.3. The normalized spacial score (nSPS) is 10.4. The number of halogens is 1. The first-order valence-electron chi connectivity index (χ1n) is 6.34. The molecule has 4 heteroatoms. The second kappa shape index (κ2) is 8.38. The number of methoxy groups -OCH3 is 2. The van der Waals surface area contributed by atoms with Crippen LogP contribution in [0, 0.1) is 0 Å². The van der Waals surface area contributed by atoms with Crippen molar-refractivity contribution < 1.29 is 9.47 Å². The van der Waals surface area contributed by atoms with Crippen LogP contribution in [0.2, 0.25) is 0 Å². The summed E-state index contributed by atoms with van der Waals surface area (Å²) in [5, 5.41) is 0. The lowest BCUT2D eigenvalue weighted by molar-refractivity contribution is 0.385. The van der Waals surface area contributed by atoms with Crippen molar-refractivity contribution in [2.24, 2.45) is 5.73 Å². The molecule has 0 aliphatic carbocycles. The maximum atomic E-state index is 5.48.